The first-order chi connectivity index (χ1) is 26.6. The zero-order valence-electron chi connectivity index (χ0n) is 36.4. The van der Waals surface area contributed by atoms with Gasteiger partial charge in [-0.3, -0.25) is 13.8 Å². The number of carbonyl (C=O) groups is 1. The minimum Gasteiger partial charge on any atom is -0.457 e. The number of hydrogen-bond donors (Lipinski definition) is 1. The number of phosphoric ester groups is 1. The average Bonchev–Trinajstić information content (AvgIpc) is 3.13. The molecule has 0 heterocycles. The molecule has 322 valence electrons. The molecule has 0 aliphatic carbocycles. The van der Waals surface area contributed by atoms with Crippen molar-refractivity contribution >= 4 is 13.8 Å². The second kappa shape index (κ2) is 39.3. The molecular weight excluding hydrogens is 709 g/mol. The fraction of sp³-hybridized carbons (Fsp3) is 0.804. The van der Waals surface area contributed by atoms with E-state index in [-0.39, 0.29) is 25.8 Å². The van der Waals surface area contributed by atoms with E-state index in [9.17, 15) is 14.3 Å². The number of nitrogens with zero attached hydrogens (tertiary/aromatic N) is 1. The first-order valence-corrected chi connectivity index (χ1v) is 23.9. The summed E-state index contributed by atoms with van der Waals surface area (Å²) in [6.07, 6.45) is 47.1. The second-order valence-corrected chi connectivity index (χ2v) is 17.5. The summed E-state index contributed by atoms with van der Waals surface area (Å²) in [5.41, 5.74) is 0. The van der Waals surface area contributed by atoms with Crippen LogP contribution in [0.25, 0.3) is 0 Å². The van der Waals surface area contributed by atoms with Crippen molar-refractivity contribution in [1.29, 1.82) is 0 Å². The van der Waals surface area contributed by atoms with Crippen molar-refractivity contribution < 1.29 is 37.3 Å². The maximum Gasteiger partial charge on any atom is 0.472 e. The van der Waals surface area contributed by atoms with Gasteiger partial charge in [-0.05, 0) is 70.6 Å². The summed E-state index contributed by atoms with van der Waals surface area (Å²) in [4.78, 5) is 22.9. The van der Waals surface area contributed by atoms with Crippen molar-refractivity contribution in [2.24, 2.45) is 0 Å². The lowest BCUT2D eigenvalue weighted by Crippen LogP contribution is -2.37. The summed E-state index contributed by atoms with van der Waals surface area (Å²) >= 11 is 0. The van der Waals surface area contributed by atoms with E-state index in [4.69, 9.17) is 18.5 Å². The van der Waals surface area contributed by atoms with Gasteiger partial charge in [0.05, 0.1) is 34.4 Å². The van der Waals surface area contributed by atoms with Crippen molar-refractivity contribution in [3.05, 3.63) is 48.6 Å². The Morgan fingerprint density at radius 3 is 1.56 bits per heavy atom. The van der Waals surface area contributed by atoms with E-state index < -0.39 is 13.9 Å². The molecular formula is C46H87NO7P+. The van der Waals surface area contributed by atoms with Crippen LogP contribution in [0.3, 0.4) is 0 Å². The number of rotatable bonds is 41. The van der Waals surface area contributed by atoms with Crippen LogP contribution in [0, 0.1) is 0 Å². The van der Waals surface area contributed by atoms with Crippen LogP contribution in [0.1, 0.15) is 181 Å². The monoisotopic (exact) mass is 797 g/mol. The highest BCUT2D eigenvalue weighted by atomic mass is 31.2. The highest BCUT2D eigenvalue weighted by molar-refractivity contribution is 7.47. The van der Waals surface area contributed by atoms with Gasteiger partial charge in [-0.1, -0.05) is 152 Å². The van der Waals surface area contributed by atoms with Crippen molar-refractivity contribution in [2.45, 2.75) is 187 Å². The van der Waals surface area contributed by atoms with Crippen molar-refractivity contribution in [1.82, 2.24) is 0 Å². The van der Waals surface area contributed by atoms with E-state index in [2.05, 4.69) is 62.5 Å². The molecule has 2 unspecified atom stereocenters. The number of carbonyl (C=O) groups excluding carboxylic acids is 1. The fourth-order valence-corrected chi connectivity index (χ4v) is 6.58. The molecule has 0 aromatic heterocycles. The van der Waals surface area contributed by atoms with E-state index in [0.29, 0.717) is 24.1 Å². The molecule has 8 nitrogen and oxygen atoms in total. The molecule has 1 N–H and O–H groups in total. The third kappa shape index (κ3) is 43.4. The lowest BCUT2D eigenvalue weighted by atomic mass is 10.1. The van der Waals surface area contributed by atoms with Gasteiger partial charge in [0.15, 0.2) is 0 Å². The Morgan fingerprint density at radius 1 is 0.564 bits per heavy atom. The summed E-state index contributed by atoms with van der Waals surface area (Å²) in [5.74, 6) is -0.329. The van der Waals surface area contributed by atoms with Crippen molar-refractivity contribution in [3.8, 4) is 0 Å². The number of phosphoric acid groups is 1. The standard InChI is InChI=1S/C46H86NO7P/c1-6-8-10-12-14-16-18-20-21-22-23-24-25-26-27-28-29-31-33-35-37-39-46(48)54-45(44-53-55(49,50)52-42-40-47(3,4)5)43-51-41-38-36-34-32-30-19-17-15-13-11-9-7-2/h13,15,18,20,22-23,25-26,45H,6-12,14,16-17,19,21,24,27-44H2,1-5H3/p+1/b15-13-,20-18-,23-22-,26-25-. The second-order valence-electron chi connectivity index (χ2n) is 16.1. The molecule has 9 heteroatoms. The number of unbranched alkanes of at least 4 members (excludes halogenated alkanes) is 19. The lowest BCUT2D eigenvalue weighted by Gasteiger charge is -2.24. The molecule has 0 saturated carbocycles. The Balaban J connectivity index is 4.23. The normalized spacial score (nSPS) is 14.2. The van der Waals surface area contributed by atoms with E-state index in [1.54, 1.807) is 0 Å². The summed E-state index contributed by atoms with van der Waals surface area (Å²) in [7, 11) is 1.65. The number of ether oxygens (including phenoxy) is 2. The smallest absolute Gasteiger partial charge is 0.457 e. The van der Waals surface area contributed by atoms with Gasteiger partial charge in [-0.25, -0.2) is 4.57 Å². The fourth-order valence-electron chi connectivity index (χ4n) is 5.83. The maximum absolute atomic E-state index is 12.7. The molecule has 0 saturated heterocycles. The molecule has 0 spiro atoms. The SMILES string of the molecule is CCCC/C=C\CCCCCCCCOCC(COP(=O)(O)OCC[N+](C)(C)C)OC(=O)CCCCCCCC/C=C\C/C=C\C/C=C\CCCCCCC. The van der Waals surface area contributed by atoms with Crippen LogP contribution < -0.4 is 0 Å². The van der Waals surface area contributed by atoms with Crippen LogP contribution in [0.2, 0.25) is 0 Å². The lowest BCUT2D eigenvalue weighted by molar-refractivity contribution is -0.870. The molecule has 0 aliphatic heterocycles. The zero-order valence-corrected chi connectivity index (χ0v) is 37.3. The average molecular weight is 797 g/mol. The van der Waals surface area contributed by atoms with Gasteiger partial charge >= 0.3 is 13.8 Å². The molecule has 0 amide bonds. The van der Waals surface area contributed by atoms with Crippen LogP contribution in [0.5, 0.6) is 0 Å². The van der Waals surface area contributed by atoms with Gasteiger partial charge in [-0.15, -0.1) is 0 Å². The van der Waals surface area contributed by atoms with E-state index >= 15 is 0 Å². The molecule has 0 aromatic rings. The van der Waals surface area contributed by atoms with Gasteiger partial charge < -0.3 is 18.9 Å². The largest absolute Gasteiger partial charge is 0.472 e. The van der Waals surface area contributed by atoms with Gasteiger partial charge in [0, 0.05) is 13.0 Å². The number of likely N-dealkylation sites (N-methyl/N-ethyl adjacent to an activating group) is 1. The van der Waals surface area contributed by atoms with Crippen LogP contribution in [-0.2, 0) is 27.9 Å². The number of quaternary nitrogens is 1. The van der Waals surface area contributed by atoms with Gasteiger partial charge in [0.25, 0.3) is 0 Å². The first-order valence-electron chi connectivity index (χ1n) is 22.4. The molecule has 0 bridgehead atoms. The van der Waals surface area contributed by atoms with Gasteiger partial charge in [0.1, 0.15) is 19.3 Å². The molecule has 0 fully saturated rings. The Kier molecular flexibility index (Phi) is 38.2. The van der Waals surface area contributed by atoms with Gasteiger partial charge in [-0.2, -0.15) is 0 Å². The van der Waals surface area contributed by atoms with Crippen LogP contribution >= 0.6 is 7.82 Å². The van der Waals surface area contributed by atoms with Crippen LogP contribution in [-0.4, -0.2) is 75.6 Å². The van der Waals surface area contributed by atoms with Crippen molar-refractivity contribution in [3.63, 3.8) is 0 Å². The summed E-state index contributed by atoms with van der Waals surface area (Å²) in [5, 5.41) is 0. The number of esters is 1. The van der Waals surface area contributed by atoms with E-state index in [1.165, 1.54) is 103 Å². The Labute approximate surface area is 339 Å². The third-order valence-corrected chi connectivity index (χ3v) is 10.3. The maximum atomic E-state index is 12.7. The Morgan fingerprint density at radius 2 is 1.02 bits per heavy atom. The van der Waals surface area contributed by atoms with E-state index in [0.717, 1.165) is 57.8 Å². The minimum absolute atomic E-state index is 0.0832. The molecule has 0 rings (SSSR count). The minimum atomic E-state index is -4.28. The Bertz CT molecular complexity index is 1020. The predicted molar refractivity (Wildman–Crippen MR) is 233 cm³/mol. The molecule has 0 aliphatic rings. The van der Waals surface area contributed by atoms with E-state index in [1.807, 2.05) is 21.1 Å². The van der Waals surface area contributed by atoms with Crippen LogP contribution in [0.4, 0.5) is 0 Å². The highest BCUT2D eigenvalue weighted by Gasteiger charge is 2.26. The highest BCUT2D eigenvalue weighted by Crippen LogP contribution is 2.43. The molecule has 0 radical (unpaired) electrons. The third-order valence-electron chi connectivity index (χ3n) is 9.36. The summed E-state index contributed by atoms with van der Waals surface area (Å²) in [6, 6.07) is 0. The Hall–Kier alpha value is -1.54. The quantitative estimate of drug-likeness (QED) is 0.0217. The molecule has 0 aromatic carbocycles. The molecule has 2 atom stereocenters. The molecule has 55 heavy (non-hydrogen) atoms. The zero-order chi connectivity index (χ0) is 40.6. The summed E-state index contributed by atoms with van der Waals surface area (Å²) < 4.78 is 35.0. The van der Waals surface area contributed by atoms with Crippen LogP contribution in [0.15, 0.2) is 48.6 Å². The predicted octanol–water partition coefficient (Wildman–Crippen LogP) is 13.2. The number of allylic oxidation sites excluding steroid dienone is 8. The number of hydrogen-bond acceptors (Lipinski definition) is 6. The summed E-state index contributed by atoms with van der Waals surface area (Å²) in [6.45, 7) is 5.54. The van der Waals surface area contributed by atoms with Crippen molar-refractivity contribution in [2.75, 3.05) is 54.1 Å². The first kappa shape index (κ1) is 53.5. The van der Waals surface area contributed by atoms with Gasteiger partial charge in [0.2, 0.25) is 0 Å². The topological polar surface area (TPSA) is 91.3 Å².